The zero-order chi connectivity index (χ0) is 9.19. The number of hydrogen-bond donors (Lipinski definition) is 0. The van der Waals surface area contributed by atoms with E-state index in [9.17, 15) is 8.42 Å². The number of rotatable bonds is 2. The third-order valence-electron chi connectivity index (χ3n) is 1.35. The molecule has 0 saturated heterocycles. The van der Waals surface area contributed by atoms with Crippen molar-refractivity contribution in [3.63, 3.8) is 0 Å². The number of nitrogens with zero attached hydrogens (tertiary/aromatic N) is 1. The first kappa shape index (κ1) is 9.51. The summed E-state index contributed by atoms with van der Waals surface area (Å²) in [7, 11) is -2.21. The van der Waals surface area contributed by atoms with Gasteiger partial charge in [-0.05, 0) is 24.3 Å². The Hall–Kier alpha value is -0.580. The van der Waals surface area contributed by atoms with Gasteiger partial charge in [-0.3, -0.25) is 0 Å². The number of hydrogen-bond acceptors (Lipinski definition) is 2. The highest BCUT2D eigenvalue weighted by Gasteiger charge is 2.11. The minimum atomic E-state index is -3.45. The molecule has 0 spiro atoms. The fourth-order valence-electron chi connectivity index (χ4n) is 0.712. The largest absolute Gasteiger partial charge is 0.256 e. The molecule has 1 aromatic rings. The molecule has 0 aromatic heterocycles. The van der Waals surface area contributed by atoms with Gasteiger partial charge in [0.25, 0.3) is 10.0 Å². The van der Waals surface area contributed by atoms with Crippen molar-refractivity contribution in [2.24, 2.45) is 0 Å². The second-order valence-electron chi connectivity index (χ2n) is 2.11. The Labute approximate surface area is 76.4 Å². The maximum Gasteiger partial charge on any atom is 0.256 e. The standard InChI is InChI=1S/C7H7ClNO2S/c1-9-12(10,11)7-4-2-6(8)3-5-7/h2-5H,1H3. The molecule has 0 N–H and O–H groups in total. The second kappa shape index (κ2) is 3.43. The van der Waals surface area contributed by atoms with E-state index in [4.69, 9.17) is 11.6 Å². The van der Waals surface area contributed by atoms with Gasteiger partial charge in [0.05, 0.1) is 4.90 Å². The van der Waals surface area contributed by atoms with Gasteiger partial charge in [-0.25, -0.2) is 8.42 Å². The predicted octanol–water partition coefficient (Wildman–Crippen LogP) is 1.26. The quantitative estimate of drug-likeness (QED) is 0.728. The summed E-state index contributed by atoms with van der Waals surface area (Å²) in [5.74, 6) is 0. The van der Waals surface area contributed by atoms with E-state index in [1.807, 2.05) is 0 Å². The molecule has 0 atom stereocenters. The van der Waals surface area contributed by atoms with Crippen LogP contribution in [0.5, 0.6) is 0 Å². The van der Waals surface area contributed by atoms with Gasteiger partial charge < -0.3 is 0 Å². The summed E-state index contributed by atoms with van der Waals surface area (Å²) in [6, 6.07) is 5.87. The normalized spacial score (nSPS) is 11.5. The third-order valence-corrected chi connectivity index (χ3v) is 2.95. The molecule has 0 amide bonds. The molecular formula is C7H7ClNO2S. The Bertz CT molecular complexity index is 357. The van der Waals surface area contributed by atoms with E-state index in [2.05, 4.69) is 4.72 Å². The summed E-state index contributed by atoms with van der Waals surface area (Å²) in [5.41, 5.74) is 0. The van der Waals surface area contributed by atoms with Gasteiger partial charge in [0, 0.05) is 12.1 Å². The van der Waals surface area contributed by atoms with Crippen molar-refractivity contribution in [3.05, 3.63) is 29.3 Å². The first-order valence-electron chi connectivity index (χ1n) is 3.18. The molecule has 0 aliphatic heterocycles. The van der Waals surface area contributed by atoms with E-state index >= 15 is 0 Å². The average molecular weight is 205 g/mol. The number of sulfonamides is 1. The SMILES string of the molecule is C[N]S(=O)(=O)c1ccc(Cl)cc1. The maximum atomic E-state index is 11.1. The Morgan fingerprint density at radius 3 is 2.17 bits per heavy atom. The highest BCUT2D eigenvalue weighted by atomic mass is 35.5. The molecule has 0 unspecified atom stereocenters. The lowest BCUT2D eigenvalue weighted by molar-refractivity contribution is 0.587. The summed E-state index contributed by atoms with van der Waals surface area (Å²) in [6.45, 7) is 0. The van der Waals surface area contributed by atoms with Gasteiger partial charge in [-0.15, -0.1) is 4.72 Å². The van der Waals surface area contributed by atoms with Gasteiger partial charge in [0.15, 0.2) is 0 Å². The molecule has 12 heavy (non-hydrogen) atoms. The molecule has 0 aliphatic rings. The minimum absolute atomic E-state index is 0.161. The predicted molar refractivity (Wildman–Crippen MR) is 46.7 cm³/mol. The van der Waals surface area contributed by atoms with E-state index in [1.165, 1.54) is 31.3 Å². The van der Waals surface area contributed by atoms with Crippen molar-refractivity contribution in [2.75, 3.05) is 7.05 Å². The van der Waals surface area contributed by atoms with Crippen LogP contribution in [0.15, 0.2) is 29.2 Å². The first-order chi connectivity index (χ1) is 5.56. The van der Waals surface area contributed by atoms with Crippen molar-refractivity contribution in [1.82, 2.24) is 4.72 Å². The number of halogens is 1. The monoisotopic (exact) mass is 204 g/mol. The van der Waals surface area contributed by atoms with E-state index in [-0.39, 0.29) is 4.90 Å². The van der Waals surface area contributed by atoms with Crippen molar-refractivity contribution >= 4 is 21.6 Å². The lowest BCUT2D eigenvalue weighted by Gasteiger charge is -1.98. The fourth-order valence-corrected chi connectivity index (χ4v) is 1.53. The van der Waals surface area contributed by atoms with Gasteiger partial charge in [-0.2, -0.15) is 0 Å². The van der Waals surface area contributed by atoms with Crippen LogP contribution in [-0.2, 0) is 10.0 Å². The number of benzene rings is 1. The van der Waals surface area contributed by atoms with Crippen LogP contribution in [0.3, 0.4) is 0 Å². The van der Waals surface area contributed by atoms with Crippen LogP contribution in [0.25, 0.3) is 0 Å². The molecule has 3 nitrogen and oxygen atoms in total. The summed E-state index contributed by atoms with van der Waals surface area (Å²) in [4.78, 5) is 0.161. The highest BCUT2D eigenvalue weighted by Crippen LogP contribution is 2.13. The second-order valence-corrected chi connectivity index (χ2v) is 4.33. The summed E-state index contributed by atoms with van der Waals surface area (Å²) in [6.07, 6.45) is 0. The summed E-state index contributed by atoms with van der Waals surface area (Å²) < 4.78 is 25.5. The van der Waals surface area contributed by atoms with Gasteiger partial charge >= 0.3 is 0 Å². The first-order valence-corrected chi connectivity index (χ1v) is 5.00. The van der Waals surface area contributed by atoms with E-state index in [0.29, 0.717) is 5.02 Å². The Morgan fingerprint density at radius 2 is 1.75 bits per heavy atom. The van der Waals surface area contributed by atoms with Crippen molar-refractivity contribution < 1.29 is 8.42 Å². The van der Waals surface area contributed by atoms with E-state index in [0.717, 1.165) is 0 Å². The van der Waals surface area contributed by atoms with Crippen LogP contribution < -0.4 is 4.72 Å². The van der Waals surface area contributed by atoms with Crippen molar-refractivity contribution in [2.45, 2.75) is 4.90 Å². The lowest BCUT2D eigenvalue weighted by Crippen LogP contribution is -2.11. The Morgan fingerprint density at radius 1 is 1.25 bits per heavy atom. The Kier molecular flexibility index (Phi) is 2.72. The molecule has 1 radical (unpaired) electrons. The molecular weight excluding hydrogens is 198 g/mol. The zero-order valence-electron chi connectivity index (χ0n) is 6.36. The molecule has 5 heteroatoms. The molecule has 0 saturated carbocycles. The molecule has 65 valence electrons. The molecule has 0 heterocycles. The van der Waals surface area contributed by atoms with Crippen LogP contribution >= 0.6 is 11.6 Å². The molecule has 1 rings (SSSR count). The average Bonchev–Trinajstić information content (AvgIpc) is 2.05. The Balaban J connectivity index is 3.14. The fraction of sp³-hybridized carbons (Fsp3) is 0.143. The molecule has 0 aliphatic carbocycles. The smallest absolute Gasteiger partial charge is 0.206 e. The van der Waals surface area contributed by atoms with Crippen LogP contribution in [0, 0.1) is 0 Å². The molecule has 0 fully saturated rings. The van der Waals surface area contributed by atoms with E-state index in [1.54, 1.807) is 0 Å². The highest BCUT2D eigenvalue weighted by molar-refractivity contribution is 7.89. The van der Waals surface area contributed by atoms with E-state index < -0.39 is 10.0 Å². The lowest BCUT2D eigenvalue weighted by atomic mass is 10.4. The van der Waals surface area contributed by atoms with Crippen LogP contribution in [0.2, 0.25) is 5.02 Å². The maximum absolute atomic E-state index is 11.1. The molecule has 0 bridgehead atoms. The van der Waals surface area contributed by atoms with Crippen LogP contribution in [-0.4, -0.2) is 15.5 Å². The minimum Gasteiger partial charge on any atom is -0.206 e. The van der Waals surface area contributed by atoms with Crippen LogP contribution in [0.4, 0.5) is 0 Å². The van der Waals surface area contributed by atoms with Gasteiger partial charge in [0.2, 0.25) is 0 Å². The zero-order valence-corrected chi connectivity index (χ0v) is 7.93. The topological polar surface area (TPSA) is 48.2 Å². The van der Waals surface area contributed by atoms with Crippen molar-refractivity contribution in [1.29, 1.82) is 0 Å². The summed E-state index contributed by atoms with van der Waals surface area (Å²) in [5, 5.41) is 0.505. The van der Waals surface area contributed by atoms with Crippen molar-refractivity contribution in [3.8, 4) is 0 Å². The van der Waals surface area contributed by atoms with Crippen LogP contribution in [0.1, 0.15) is 0 Å². The molecule has 1 aromatic carbocycles. The summed E-state index contributed by atoms with van der Waals surface area (Å²) >= 11 is 5.58. The van der Waals surface area contributed by atoms with Gasteiger partial charge in [-0.1, -0.05) is 11.6 Å². The third kappa shape index (κ3) is 1.97. The van der Waals surface area contributed by atoms with Gasteiger partial charge in [0.1, 0.15) is 0 Å².